The number of fused-ring (bicyclic) bond motifs is 1. The van der Waals surface area contributed by atoms with Gasteiger partial charge in [0.05, 0.1) is 11.0 Å². The van der Waals surface area contributed by atoms with E-state index in [0.29, 0.717) is 13.1 Å². The second-order valence-corrected chi connectivity index (χ2v) is 7.10. The maximum Gasteiger partial charge on any atom is 0.260 e. The quantitative estimate of drug-likeness (QED) is 0.702. The van der Waals surface area contributed by atoms with E-state index in [1.807, 2.05) is 41.6 Å². The zero-order valence-electron chi connectivity index (χ0n) is 16.1. The normalized spacial score (nSPS) is 14.2. The SMILES string of the molecule is CCCc1ccc(OCC(=O)N2CC=C(c3c[nH]c4cccnc34)CC2)cc1. The molecule has 0 fully saturated rings. The number of ether oxygens (including phenoxy) is 1. The van der Waals surface area contributed by atoms with Crippen molar-refractivity contribution >= 4 is 22.5 Å². The van der Waals surface area contributed by atoms with Crippen molar-refractivity contribution in [2.45, 2.75) is 26.2 Å². The van der Waals surface area contributed by atoms with E-state index in [-0.39, 0.29) is 12.5 Å². The summed E-state index contributed by atoms with van der Waals surface area (Å²) in [4.78, 5) is 22.1. The lowest BCUT2D eigenvalue weighted by atomic mass is 10.0. The van der Waals surface area contributed by atoms with E-state index >= 15 is 0 Å². The second-order valence-electron chi connectivity index (χ2n) is 7.10. The van der Waals surface area contributed by atoms with Crippen LogP contribution in [0.5, 0.6) is 5.75 Å². The third-order valence-corrected chi connectivity index (χ3v) is 5.17. The molecule has 144 valence electrons. The maximum atomic E-state index is 12.5. The van der Waals surface area contributed by atoms with Crippen molar-refractivity contribution in [3.63, 3.8) is 0 Å². The number of hydrogen-bond donors (Lipinski definition) is 1. The molecule has 3 heterocycles. The summed E-state index contributed by atoms with van der Waals surface area (Å²) in [5, 5.41) is 0. The Morgan fingerprint density at radius 1 is 1.25 bits per heavy atom. The molecular weight excluding hydrogens is 350 g/mol. The van der Waals surface area contributed by atoms with Gasteiger partial charge in [0.1, 0.15) is 5.75 Å². The summed E-state index contributed by atoms with van der Waals surface area (Å²) < 4.78 is 5.68. The Balaban J connectivity index is 1.34. The number of nitrogens with zero attached hydrogens (tertiary/aromatic N) is 2. The molecule has 4 rings (SSSR count). The molecule has 0 radical (unpaired) electrons. The Morgan fingerprint density at radius 2 is 2.11 bits per heavy atom. The molecule has 1 aliphatic rings. The number of aromatic nitrogens is 2. The molecule has 1 aliphatic heterocycles. The highest BCUT2D eigenvalue weighted by Gasteiger charge is 2.20. The number of H-pyrrole nitrogens is 1. The second kappa shape index (κ2) is 8.30. The van der Waals surface area contributed by atoms with Gasteiger partial charge in [-0.25, -0.2) is 0 Å². The number of aromatic amines is 1. The number of benzene rings is 1. The van der Waals surface area contributed by atoms with Crippen LogP contribution in [0.15, 0.2) is 54.9 Å². The molecule has 0 saturated heterocycles. The molecule has 5 heteroatoms. The molecule has 2 aromatic heterocycles. The maximum absolute atomic E-state index is 12.5. The van der Waals surface area contributed by atoms with Gasteiger partial charge in [-0.2, -0.15) is 0 Å². The van der Waals surface area contributed by atoms with Crippen molar-refractivity contribution in [1.82, 2.24) is 14.9 Å². The standard InChI is InChI=1S/C23H25N3O2/c1-2-4-17-6-8-19(9-7-17)28-16-22(27)26-13-10-18(11-14-26)20-15-25-21-5-3-12-24-23(20)21/h3,5-10,12,15,25H,2,4,11,13-14,16H2,1H3. The molecule has 0 aliphatic carbocycles. The molecule has 3 aromatic rings. The fraction of sp³-hybridized carbons (Fsp3) is 0.304. The predicted octanol–water partition coefficient (Wildman–Crippen LogP) is 4.21. The summed E-state index contributed by atoms with van der Waals surface area (Å²) in [6.07, 6.45) is 8.95. The lowest BCUT2D eigenvalue weighted by Crippen LogP contribution is -2.37. The van der Waals surface area contributed by atoms with Gasteiger partial charge in [-0.3, -0.25) is 9.78 Å². The molecule has 28 heavy (non-hydrogen) atoms. The van der Waals surface area contributed by atoms with Gasteiger partial charge in [0.2, 0.25) is 0 Å². The number of pyridine rings is 1. The van der Waals surface area contributed by atoms with Crippen LogP contribution < -0.4 is 4.74 Å². The predicted molar refractivity (Wildman–Crippen MR) is 111 cm³/mol. The molecule has 1 amide bonds. The first kappa shape index (κ1) is 18.3. The molecule has 1 aromatic carbocycles. The fourth-order valence-electron chi connectivity index (χ4n) is 3.62. The number of rotatable bonds is 6. The minimum atomic E-state index is 0.0185. The van der Waals surface area contributed by atoms with Crippen LogP contribution in [0.4, 0.5) is 0 Å². The number of aryl methyl sites for hydroxylation is 1. The highest BCUT2D eigenvalue weighted by atomic mass is 16.5. The lowest BCUT2D eigenvalue weighted by molar-refractivity contribution is -0.132. The van der Waals surface area contributed by atoms with Crippen LogP contribution in [-0.2, 0) is 11.2 Å². The monoisotopic (exact) mass is 375 g/mol. The van der Waals surface area contributed by atoms with E-state index < -0.39 is 0 Å². The van der Waals surface area contributed by atoms with Crippen molar-refractivity contribution < 1.29 is 9.53 Å². The number of hydrogen-bond acceptors (Lipinski definition) is 3. The lowest BCUT2D eigenvalue weighted by Gasteiger charge is -2.26. The first-order valence-corrected chi connectivity index (χ1v) is 9.85. The molecule has 0 bridgehead atoms. The van der Waals surface area contributed by atoms with Crippen molar-refractivity contribution in [3.05, 3.63) is 66.0 Å². The number of carbonyl (C=O) groups excluding carboxylic acids is 1. The van der Waals surface area contributed by atoms with Crippen LogP contribution >= 0.6 is 0 Å². The summed E-state index contributed by atoms with van der Waals surface area (Å²) in [5.41, 5.74) is 5.69. The van der Waals surface area contributed by atoms with E-state index in [9.17, 15) is 4.79 Å². The van der Waals surface area contributed by atoms with E-state index in [4.69, 9.17) is 4.74 Å². The molecule has 0 atom stereocenters. The third kappa shape index (κ3) is 3.93. The Kier molecular flexibility index (Phi) is 5.42. The Morgan fingerprint density at radius 3 is 2.86 bits per heavy atom. The third-order valence-electron chi connectivity index (χ3n) is 5.17. The van der Waals surface area contributed by atoms with Gasteiger partial charge in [0.25, 0.3) is 5.91 Å². The van der Waals surface area contributed by atoms with Gasteiger partial charge in [-0.1, -0.05) is 31.6 Å². The van der Waals surface area contributed by atoms with Crippen LogP contribution in [0.3, 0.4) is 0 Å². The Bertz CT molecular complexity index is 989. The van der Waals surface area contributed by atoms with Crippen molar-refractivity contribution in [3.8, 4) is 5.75 Å². The zero-order valence-corrected chi connectivity index (χ0v) is 16.1. The average Bonchev–Trinajstić information content (AvgIpc) is 3.17. The smallest absolute Gasteiger partial charge is 0.260 e. The van der Waals surface area contributed by atoms with Crippen LogP contribution in [0.1, 0.15) is 30.9 Å². The number of amides is 1. The van der Waals surface area contributed by atoms with Gasteiger partial charge >= 0.3 is 0 Å². The molecule has 0 unspecified atom stereocenters. The first-order valence-electron chi connectivity index (χ1n) is 9.85. The van der Waals surface area contributed by atoms with Gasteiger partial charge in [0, 0.05) is 31.0 Å². The van der Waals surface area contributed by atoms with Crippen molar-refractivity contribution in [1.29, 1.82) is 0 Å². The van der Waals surface area contributed by atoms with Crippen LogP contribution in [0.25, 0.3) is 16.6 Å². The van der Waals surface area contributed by atoms with Crippen LogP contribution in [-0.4, -0.2) is 40.5 Å². The van der Waals surface area contributed by atoms with Crippen molar-refractivity contribution in [2.24, 2.45) is 0 Å². The van der Waals surface area contributed by atoms with Gasteiger partial charge in [-0.15, -0.1) is 0 Å². The van der Waals surface area contributed by atoms with Gasteiger partial charge in [0.15, 0.2) is 6.61 Å². The van der Waals surface area contributed by atoms with Crippen LogP contribution in [0, 0.1) is 0 Å². The summed E-state index contributed by atoms with van der Waals surface area (Å²) in [5.74, 6) is 0.760. The molecule has 0 spiro atoms. The van der Waals surface area contributed by atoms with E-state index in [2.05, 4.69) is 35.1 Å². The fourth-order valence-corrected chi connectivity index (χ4v) is 3.62. The average molecular weight is 375 g/mol. The molecular formula is C23H25N3O2. The zero-order chi connectivity index (χ0) is 19.3. The molecule has 0 saturated carbocycles. The Labute approximate surface area is 165 Å². The van der Waals surface area contributed by atoms with E-state index in [1.165, 1.54) is 11.1 Å². The summed E-state index contributed by atoms with van der Waals surface area (Å²) in [7, 11) is 0. The molecule has 5 nitrogen and oxygen atoms in total. The summed E-state index contributed by atoms with van der Waals surface area (Å²) in [6, 6.07) is 12.0. The molecule has 1 N–H and O–H groups in total. The summed E-state index contributed by atoms with van der Waals surface area (Å²) in [6.45, 7) is 3.54. The van der Waals surface area contributed by atoms with E-state index in [0.717, 1.165) is 41.6 Å². The highest BCUT2D eigenvalue weighted by molar-refractivity contribution is 5.90. The van der Waals surface area contributed by atoms with Gasteiger partial charge in [-0.05, 0) is 48.2 Å². The minimum absolute atomic E-state index is 0.0185. The number of nitrogens with one attached hydrogen (secondary N) is 1. The van der Waals surface area contributed by atoms with Gasteiger partial charge < -0.3 is 14.6 Å². The van der Waals surface area contributed by atoms with Crippen LogP contribution in [0.2, 0.25) is 0 Å². The number of carbonyl (C=O) groups is 1. The summed E-state index contributed by atoms with van der Waals surface area (Å²) >= 11 is 0. The highest BCUT2D eigenvalue weighted by Crippen LogP contribution is 2.27. The first-order chi connectivity index (χ1) is 13.7. The largest absolute Gasteiger partial charge is 0.484 e. The Hall–Kier alpha value is -3.08. The minimum Gasteiger partial charge on any atom is -0.484 e. The topological polar surface area (TPSA) is 58.2 Å². The van der Waals surface area contributed by atoms with E-state index in [1.54, 1.807) is 0 Å². The van der Waals surface area contributed by atoms with Crippen molar-refractivity contribution in [2.75, 3.05) is 19.7 Å².